The summed E-state index contributed by atoms with van der Waals surface area (Å²) in [7, 11) is 0. The molecule has 152 valence electrons. The van der Waals surface area contributed by atoms with Gasteiger partial charge in [0.2, 0.25) is 0 Å². The maximum absolute atomic E-state index is 13.8. The largest absolute Gasteiger partial charge is 0.487 e. The lowest BCUT2D eigenvalue weighted by atomic mass is 10.1. The molecule has 6 heteroatoms. The van der Waals surface area contributed by atoms with Crippen molar-refractivity contribution in [3.05, 3.63) is 70.6 Å². The van der Waals surface area contributed by atoms with Crippen molar-refractivity contribution in [1.82, 2.24) is 4.98 Å². The van der Waals surface area contributed by atoms with E-state index in [2.05, 4.69) is 11.1 Å². The quantitative estimate of drug-likeness (QED) is 0.421. The molecule has 0 amide bonds. The molecule has 4 nitrogen and oxygen atoms in total. The number of aryl methyl sites for hydroxylation is 2. The zero-order valence-electron chi connectivity index (χ0n) is 16.6. The number of benzene rings is 1. The molecule has 0 fully saturated rings. The third-order valence-electron chi connectivity index (χ3n) is 4.38. The number of aromatic nitrogens is 1. The van der Waals surface area contributed by atoms with Crippen LogP contribution in [0.3, 0.4) is 0 Å². The number of thiophene rings is 1. The number of ether oxygens (including phenoxy) is 2. The number of carbonyl (C=O) groups is 1. The van der Waals surface area contributed by atoms with Crippen LogP contribution in [0.2, 0.25) is 0 Å². The van der Waals surface area contributed by atoms with Crippen molar-refractivity contribution in [2.75, 3.05) is 6.61 Å². The summed E-state index contributed by atoms with van der Waals surface area (Å²) in [4.78, 5) is 18.1. The maximum atomic E-state index is 13.8. The molecule has 0 saturated heterocycles. The Bertz CT molecular complexity index is 953. The fourth-order valence-corrected chi connectivity index (χ4v) is 3.88. The lowest BCUT2D eigenvalue weighted by Crippen LogP contribution is -2.04. The third-order valence-corrected chi connectivity index (χ3v) is 5.42. The van der Waals surface area contributed by atoms with Gasteiger partial charge in [0.1, 0.15) is 18.2 Å². The lowest BCUT2D eigenvalue weighted by molar-refractivity contribution is -0.143. The van der Waals surface area contributed by atoms with Gasteiger partial charge in [-0.1, -0.05) is 6.07 Å². The highest BCUT2D eigenvalue weighted by molar-refractivity contribution is 7.15. The van der Waals surface area contributed by atoms with Gasteiger partial charge in [0.25, 0.3) is 0 Å². The first-order chi connectivity index (χ1) is 14.0. The molecular formula is C23H24FNO3S. The van der Waals surface area contributed by atoms with E-state index in [9.17, 15) is 9.18 Å². The Balaban J connectivity index is 1.59. The molecule has 0 N–H and O–H groups in total. The highest BCUT2D eigenvalue weighted by Gasteiger charge is 2.10. The maximum Gasteiger partial charge on any atom is 0.305 e. The number of rotatable bonds is 9. The molecule has 29 heavy (non-hydrogen) atoms. The van der Waals surface area contributed by atoms with Crippen molar-refractivity contribution in [2.24, 2.45) is 0 Å². The molecular weight excluding hydrogens is 389 g/mol. The van der Waals surface area contributed by atoms with E-state index in [0.29, 0.717) is 31.6 Å². The number of halogens is 1. The van der Waals surface area contributed by atoms with Gasteiger partial charge in [0.15, 0.2) is 0 Å². The summed E-state index contributed by atoms with van der Waals surface area (Å²) in [6, 6.07) is 12.6. The van der Waals surface area contributed by atoms with E-state index in [1.54, 1.807) is 30.5 Å². The van der Waals surface area contributed by atoms with Gasteiger partial charge < -0.3 is 9.47 Å². The highest BCUT2D eigenvalue weighted by Crippen LogP contribution is 2.31. The van der Waals surface area contributed by atoms with E-state index in [-0.39, 0.29) is 18.4 Å². The molecule has 3 aromatic rings. The summed E-state index contributed by atoms with van der Waals surface area (Å²) < 4.78 is 24.5. The van der Waals surface area contributed by atoms with Crippen molar-refractivity contribution in [1.29, 1.82) is 0 Å². The van der Waals surface area contributed by atoms with Gasteiger partial charge in [-0.25, -0.2) is 4.39 Å². The highest BCUT2D eigenvalue weighted by atomic mass is 32.1. The summed E-state index contributed by atoms with van der Waals surface area (Å²) in [6.45, 7) is 4.51. The fourth-order valence-electron chi connectivity index (χ4n) is 2.95. The number of hydrogen-bond donors (Lipinski definition) is 0. The van der Waals surface area contributed by atoms with Crippen molar-refractivity contribution >= 4 is 17.3 Å². The van der Waals surface area contributed by atoms with Crippen LogP contribution >= 0.6 is 11.3 Å². The first kappa shape index (κ1) is 21.0. The van der Waals surface area contributed by atoms with E-state index >= 15 is 0 Å². The van der Waals surface area contributed by atoms with Crippen LogP contribution in [0.15, 0.2) is 48.7 Å². The second-order valence-corrected chi connectivity index (χ2v) is 7.93. The smallest absolute Gasteiger partial charge is 0.305 e. The number of esters is 1. The van der Waals surface area contributed by atoms with Gasteiger partial charge in [-0.3, -0.25) is 9.78 Å². The van der Waals surface area contributed by atoms with Gasteiger partial charge in [-0.15, -0.1) is 11.3 Å². The van der Waals surface area contributed by atoms with Gasteiger partial charge in [0.05, 0.1) is 12.8 Å². The molecule has 0 unspecified atom stereocenters. The van der Waals surface area contributed by atoms with Crippen LogP contribution in [0.4, 0.5) is 4.39 Å². The third kappa shape index (κ3) is 6.12. The van der Waals surface area contributed by atoms with Crippen molar-refractivity contribution in [3.63, 3.8) is 0 Å². The van der Waals surface area contributed by atoms with Gasteiger partial charge in [-0.2, -0.15) is 0 Å². The monoisotopic (exact) mass is 413 g/mol. The molecule has 0 bridgehead atoms. The van der Waals surface area contributed by atoms with E-state index < -0.39 is 0 Å². The SMILES string of the molecule is CCOC(=O)CCCc1ccc(OCc2cc(F)ccc2-c2ccc(C)s2)cn1. The lowest BCUT2D eigenvalue weighted by Gasteiger charge is -2.11. The van der Waals surface area contributed by atoms with Crippen LogP contribution in [0.25, 0.3) is 10.4 Å². The molecule has 0 radical (unpaired) electrons. The van der Waals surface area contributed by atoms with Crippen LogP contribution in [-0.4, -0.2) is 17.6 Å². The summed E-state index contributed by atoms with van der Waals surface area (Å²) in [6.07, 6.45) is 3.44. The van der Waals surface area contributed by atoms with Crippen LogP contribution in [0.5, 0.6) is 5.75 Å². The molecule has 0 spiro atoms. The fraction of sp³-hybridized carbons (Fsp3) is 0.304. The van der Waals surface area contributed by atoms with Gasteiger partial charge in [-0.05, 0) is 68.7 Å². The number of carbonyl (C=O) groups excluding carboxylic acids is 1. The first-order valence-electron chi connectivity index (χ1n) is 9.63. The van der Waals surface area contributed by atoms with Crippen molar-refractivity contribution < 1.29 is 18.7 Å². The van der Waals surface area contributed by atoms with Crippen LogP contribution in [0, 0.1) is 12.7 Å². The second kappa shape index (κ2) is 10.2. The second-order valence-electron chi connectivity index (χ2n) is 6.64. The predicted molar refractivity (Wildman–Crippen MR) is 113 cm³/mol. The van der Waals surface area contributed by atoms with Crippen LogP contribution < -0.4 is 4.74 Å². The topological polar surface area (TPSA) is 48.4 Å². The summed E-state index contributed by atoms with van der Waals surface area (Å²) in [5, 5.41) is 0. The van der Waals surface area contributed by atoms with E-state index in [4.69, 9.17) is 9.47 Å². The Hall–Kier alpha value is -2.73. The van der Waals surface area contributed by atoms with E-state index in [1.165, 1.54) is 17.0 Å². The van der Waals surface area contributed by atoms with Crippen LogP contribution in [0.1, 0.15) is 35.9 Å². The minimum atomic E-state index is -0.282. The van der Waals surface area contributed by atoms with E-state index in [0.717, 1.165) is 21.7 Å². The molecule has 0 atom stereocenters. The number of hydrogen-bond acceptors (Lipinski definition) is 5. The number of pyridine rings is 1. The average molecular weight is 414 g/mol. The Morgan fingerprint density at radius 3 is 2.72 bits per heavy atom. The Labute approximate surface area is 174 Å². The predicted octanol–water partition coefficient (Wildman–Crippen LogP) is 5.72. The normalized spacial score (nSPS) is 10.7. The molecule has 0 saturated carbocycles. The van der Waals surface area contributed by atoms with Crippen molar-refractivity contribution in [2.45, 2.75) is 39.7 Å². The Kier molecular flexibility index (Phi) is 7.36. The van der Waals surface area contributed by atoms with Crippen LogP contribution in [-0.2, 0) is 22.6 Å². The molecule has 2 aromatic heterocycles. The molecule has 0 aliphatic heterocycles. The molecule has 0 aliphatic carbocycles. The molecule has 3 rings (SSSR count). The zero-order chi connectivity index (χ0) is 20.6. The minimum absolute atomic E-state index is 0.181. The molecule has 2 heterocycles. The summed E-state index contributed by atoms with van der Waals surface area (Å²) in [5.74, 6) is 0.159. The summed E-state index contributed by atoms with van der Waals surface area (Å²) in [5.41, 5.74) is 2.67. The molecule has 0 aliphatic rings. The summed E-state index contributed by atoms with van der Waals surface area (Å²) >= 11 is 1.67. The Morgan fingerprint density at radius 1 is 1.17 bits per heavy atom. The number of nitrogens with zero attached hydrogens (tertiary/aromatic N) is 1. The van der Waals surface area contributed by atoms with Gasteiger partial charge in [0, 0.05) is 27.4 Å². The zero-order valence-corrected chi connectivity index (χ0v) is 17.4. The minimum Gasteiger partial charge on any atom is -0.487 e. The van der Waals surface area contributed by atoms with E-state index in [1.807, 2.05) is 25.1 Å². The standard InChI is InChI=1S/C23H24FNO3S/c1-3-27-23(26)6-4-5-19-9-10-20(14-25-19)28-15-17-13-18(24)8-11-21(17)22-12-7-16(2)29-22/h7-14H,3-6,15H2,1-2H3. The molecule has 1 aromatic carbocycles. The first-order valence-corrected chi connectivity index (χ1v) is 10.5. The Morgan fingerprint density at radius 2 is 2.03 bits per heavy atom. The van der Waals surface area contributed by atoms with Gasteiger partial charge >= 0.3 is 5.97 Å². The average Bonchev–Trinajstić information content (AvgIpc) is 3.14. The van der Waals surface area contributed by atoms with Crippen molar-refractivity contribution in [3.8, 4) is 16.2 Å².